The summed E-state index contributed by atoms with van der Waals surface area (Å²) in [6, 6.07) is 8.98. The fourth-order valence-electron chi connectivity index (χ4n) is 1.19. The zero-order chi connectivity index (χ0) is 12.3. The average molecular weight is 314 g/mol. The fourth-order valence-corrected chi connectivity index (χ4v) is 2.19. The molecule has 0 atom stereocenters. The molecule has 1 heterocycles. The van der Waals surface area contributed by atoms with Crippen molar-refractivity contribution in [3.05, 3.63) is 45.4 Å². The first-order valence-corrected chi connectivity index (χ1v) is 6.29. The minimum absolute atomic E-state index is 0.0582. The van der Waals surface area contributed by atoms with E-state index in [4.69, 9.17) is 9.84 Å². The molecule has 0 fully saturated rings. The number of carboxylic acids is 1. The molecule has 0 saturated carbocycles. The molecule has 1 aromatic heterocycles. The van der Waals surface area contributed by atoms with Gasteiger partial charge in [-0.25, -0.2) is 4.79 Å². The molecule has 0 saturated heterocycles. The van der Waals surface area contributed by atoms with Crippen LogP contribution >= 0.6 is 27.5 Å². The minimum Gasteiger partial charge on any atom is -0.488 e. The van der Waals surface area contributed by atoms with Crippen LogP contribution in [0.15, 0.2) is 34.8 Å². The summed E-state index contributed by atoms with van der Waals surface area (Å²) in [5.74, 6) is -0.292. The lowest BCUT2D eigenvalue weighted by molar-refractivity contribution is 0.0692. The van der Waals surface area contributed by atoms with E-state index < -0.39 is 5.97 Å². The molecule has 4 nitrogen and oxygen atoms in total. The molecule has 0 unspecified atom stereocenters. The highest BCUT2D eigenvalue weighted by molar-refractivity contribution is 9.10. The third-order valence-corrected chi connectivity index (χ3v) is 3.21. The van der Waals surface area contributed by atoms with Crippen LogP contribution in [0.4, 0.5) is 0 Å². The van der Waals surface area contributed by atoms with Gasteiger partial charge >= 0.3 is 5.97 Å². The molecule has 0 aliphatic rings. The van der Waals surface area contributed by atoms with Crippen molar-refractivity contribution in [3.8, 4) is 5.75 Å². The van der Waals surface area contributed by atoms with E-state index in [0.717, 1.165) is 26.6 Å². The molecule has 0 aliphatic heterocycles. The number of nitrogens with zero attached hydrogens (tertiary/aromatic N) is 1. The van der Waals surface area contributed by atoms with E-state index in [9.17, 15) is 4.79 Å². The number of halogens is 1. The Morgan fingerprint density at radius 3 is 2.94 bits per heavy atom. The van der Waals surface area contributed by atoms with Crippen molar-refractivity contribution >= 4 is 33.4 Å². The van der Waals surface area contributed by atoms with Gasteiger partial charge in [0.1, 0.15) is 12.4 Å². The molecule has 2 rings (SSSR count). The standard InChI is InChI=1S/C11H8BrNO3S/c12-7-2-1-3-8(4-7)16-6-9-5-10(11(14)15)13-17-9/h1-5H,6H2,(H,14,15). The van der Waals surface area contributed by atoms with Crippen LogP contribution < -0.4 is 4.74 Å². The van der Waals surface area contributed by atoms with E-state index >= 15 is 0 Å². The predicted molar refractivity (Wildman–Crippen MR) is 67.5 cm³/mol. The summed E-state index contributed by atoms with van der Waals surface area (Å²) in [4.78, 5) is 11.4. The maximum absolute atomic E-state index is 10.6. The van der Waals surface area contributed by atoms with Gasteiger partial charge < -0.3 is 9.84 Å². The number of carbonyl (C=O) groups is 1. The van der Waals surface area contributed by atoms with Crippen LogP contribution in [0.2, 0.25) is 0 Å². The maximum Gasteiger partial charge on any atom is 0.355 e. The van der Waals surface area contributed by atoms with Crippen LogP contribution in [0.1, 0.15) is 15.4 Å². The van der Waals surface area contributed by atoms with Crippen molar-refractivity contribution in [1.82, 2.24) is 4.37 Å². The average Bonchev–Trinajstić information content (AvgIpc) is 2.75. The second-order valence-electron chi connectivity index (χ2n) is 3.23. The molecule has 1 N–H and O–H groups in total. The molecule has 2 aromatic rings. The van der Waals surface area contributed by atoms with Crippen molar-refractivity contribution in [2.24, 2.45) is 0 Å². The Labute approximate surface area is 110 Å². The number of carboxylic acid groups (broad SMARTS) is 1. The van der Waals surface area contributed by atoms with E-state index in [-0.39, 0.29) is 5.69 Å². The van der Waals surface area contributed by atoms with Gasteiger partial charge in [0.15, 0.2) is 5.69 Å². The van der Waals surface area contributed by atoms with Crippen LogP contribution in [-0.2, 0) is 6.61 Å². The minimum atomic E-state index is -1.02. The van der Waals surface area contributed by atoms with E-state index in [1.807, 2.05) is 24.3 Å². The lowest BCUT2D eigenvalue weighted by Crippen LogP contribution is -1.95. The van der Waals surface area contributed by atoms with Crippen LogP contribution in [0.25, 0.3) is 0 Å². The number of benzene rings is 1. The smallest absolute Gasteiger partial charge is 0.355 e. The van der Waals surface area contributed by atoms with Gasteiger partial charge in [0.2, 0.25) is 0 Å². The number of ether oxygens (including phenoxy) is 1. The third-order valence-electron chi connectivity index (χ3n) is 1.96. The largest absolute Gasteiger partial charge is 0.488 e. The van der Waals surface area contributed by atoms with Crippen molar-refractivity contribution < 1.29 is 14.6 Å². The second-order valence-corrected chi connectivity index (χ2v) is 5.03. The molecule has 6 heteroatoms. The summed E-state index contributed by atoms with van der Waals surface area (Å²) >= 11 is 4.48. The van der Waals surface area contributed by atoms with E-state index in [0.29, 0.717) is 6.61 Å². The van der Waals surface area contributed by atoms with Crippen LogP contribution in [-0.4, -0.2) is 15.4 Å². The molecule has 88 valence electrons. The van der Waals surface area contributed by atoms with Gasteiger partial charge in [0, 0.05) is 4.47 Å². The molecule has 0 amide bonds. The Hall–Kier alpha value is -1.40. The highest BCUT2D eigenvalue weighted by atomic mass is 79.9. The molecular weight excluding hydrogens is 306 g/mol. The van der Waals surface area contributed by atoms with Crippen LogP contribution in [0, 0.1) is 0 Å². The molecular formula is C11H8BrNO3S. The molecule has 0 bridgehead atoms. The molecule has 0 spiro atoms. The van der Waals surface area contributed by atoms with Gasteiger partial charge in [-0.2, -0.15) is 4.37 Å². The Morgan fingerprint density at radius 2 is 2.29 bits per heavy atom. The van der Waals surface area contributed by atoms with Crippen molar-refractivity contribution in [3.63, 3.8) is 0 Å². The highest BCUT2D eigenvalue weighted by Crippen LogP contribution is 2.20. The maximum atomic E-state index is 10.6. The molecule has 0 radical (unpaired) electrons. The quantitative estimate of drug-likeness (QED) is 0.941. The fraction of sp³-hybridized carbons (Fsp3) is 0.0909. The summed E-state index contributed by atoms with van der Waals surface area (Å²) in [6.45, 7) is 0.321. The van der Waals surface area contributed by atoms with Gasteiger partial charge in [0.05, 0.1) is 4.88 Å². The molecule has 17 heavy (non-hydrogen) atoms. The topological polar surface area (TPSA) is 59.4 Å². The van der Waals surface area contributed by atoms with Gasteiger partial charge in [-0.1, -0.05) is 22.0 Å². The summed E-state index contributed by atoms with van der Waals surface area (Å²) in [5, 5.41) is 8.72. The van der Waals surface area contributed by atoms with E-state index in [2.05, 4.69) is 20.3 Å². The number of hydrogen-bond acceptors (Lipinski definition) is 4. The first kappa shape index (κ1) is 12.1. The summed E-state index contributed by atoms with van der Waals surface area (Å²) < 4.78 is 10.2. The normalized spacial score (nSPS) is 10.2. The Kier molecular flexibility index (Phi) is 3.75. The Morgan fingerprint density at radius 1 is 1.47 bits per heavy atom. The lowest BCUT2D eigenvalue weighted by Gasteiger charge is -2.03. The highest BCUT2D eigenvalue weighted by Gasteiger charge is 2.08. The van der Waals surface area contributed by atoms with E-state index in [1.54, 1.807) is 0 Å². The Balaban J connectivity index is 2.00. The number of rotatable bonds is 4. The van der Waals surface area contributed by atoms with Gasteiger partial charge in [-0.3, -0.25) is 0 Å². The predicted octanol–water partition coefficient (Wildman–Crippen LogP) is 3.18. The first-order valence-electron chi connectivity index (χ1n) is 4.72. The molecule has 0 aliphatic carbocycles. The number of aromatic nitrogens is 1. The third kappa shape index (κ3) is 3.28. The zero-order valence-electron chi connectivity index (χ0n) is 8.59. The van der Waals surface area contributed by atoms with Crippen molar-refractivity contribution in [2.75, 3.05) is 0 Å². The summed E-state index contributed by atoms with van der Waals surface area (Å²) in [7, 11) is 0. The number of hydrogen-bond donors (Lipinski definition) is 1. The van der Waals surface area contributed by atoms with Crippen molar-refractivity contribution in [1.29, 1.82) is 0 Å². The Bertz CT molecular complexity index is 541. The first-order chi connectivity index (χ1) is 8.15. The van der Waals surface area contributed by atoms with Gasteiger partial charge in [0.25, 0.3) is 0 Å². The van der Waals surface area contributed by atoms with Crippen molar-refractivity contribution in [2.45, 2.75) is 6.61 Å². The van der Waals surface area contributed by atoms with Crippen LogP contribution in [0.3, 0.4) is 0 Å². The van der Waals surface area contributed by atoms with Crippen LogP contribution in [0.5, 0.6) is 5.75 Å². The number of aromatic carboxylic acids is 1. The summed E-state index contributed by atoms with van der Waals surface area (Å²) in [6.07, 6.45) is 0. The van der Waals surface area contributed by atoms with Gasteiger partial charge in [-0.15, -0.1) is 0 Å². The summed E-state index contributed by atoms with van der Waals surface area (Å²) in [5.41, 5.74) is 0.0582. The second kappa shape index (κ2) is 5.29. The monoisotopic (exact) mass is 313 g/mol. The SMILES string of the molecule is O=C(O)c1cc(COc2cccc(Br)c2)sn1. The molecule has 1 aromatic carbocycles. The zero-order valence-corrected chi connectivity index (χ0v) is 11.0. The van der Waals surface area contributed by atoms with E-state index in [1.165, 1.54) is 6.07 Å². The van der Waals surface area contributed by atoms with Gasteiger partial charge in [-0.05, 0) is 35.8 Å². The lowest BCUT2D eigenvalue weighted by atomic mass is 10.3.